The molecule has 2 heterocycles. The predicted molar refractivity (Wildman–Crippen MR) is 111 cm³/mol. The van der Waals surface area contributed by atoms with Crippen LogP contribution in [-0.2, 0) is 4.79 Å². The summed E-state index contributed by atoms with van der Waals surface area (Å²) in [4.78, 5) is 27.8. The first kappa shape index (κ1) is 19.0. The number of para-hydroxylation sites is 1. The summed E-state index contributed by atoms with van der Waals surface area (Å²) >= 11 is 0. The van der Waals surface area contributed by atoms with Gasteiger partial charge in [0.1, 0.15) is 5.58 Å². The molecule has 0 bridgehead atoms. The maximum atomic E-state index is 13.3. The number of hydrogen-bond acceptors (Lipinski definition) is 4. The zero-order valence-electron chi connectivity index (χ0n) is 16.3. The van der Waals surface area contributed by atoms with Gasteiger partial charge >= 0.3 is 0 Å². The molecule has 1 unspecified atom stereocenters. The number of carbonyl (C=O) groups excluding carboxylic acids is 2. The van der Waals surface area contributed by atoms with Gasteiger partial charge in [-0.15, -0.1) is 0 Å². The minimum absolute atomic E-state index is 0.0803. The molecule has 5 nitrogen and oxygen atoms in total. The summed E-state index contributed by atoms with van der Waals surface area (Å²) in [7, 11) is 0. The van der Waals surface area contributed by atoms with Crippen molar-refractivity contribution in [2.75, 3.05) is 6.54 Å². The molecule has 148 valence electrons. The number of fused-ring (bicyclic) bond motifs is 1. The molecule has 1 aromatic heterocycles. The molecule has 29 heavy (non-hydrogen) atoms. The summed E-state index contributed by atoms with van der Waals surface area (Å²) in [6.45, 7) is 2.57. The molecule has 2 aromatic carbocycles. The Morgan fingerprint density at radius 2 is 1.79 bits per heavy atom. The van der Waals surface area contributed by atoms with Crippen molar-refractivity contribution in [3.63, 3.8) is 0 Å². The van der Waals surface area contributed by atoms with Crippen LogP contribution in [0.1, 0.15) is 48.3 Å². The van der Waals surface area contributed by atoms with E-state index >= 15 is 0 Å². The van der Waals surface area contributed by atoms with Crippen molar-refractivity contribution in [2.45, 2.75) is 32.2 Å². The number of nitrogens with zero attached hydrogens (tertiary/aromatic N) is 1. The van der Waals surface area contributed by atoms with Gasteiger partial charge in [0, 0.05) is 11.9 Å². The summed E-state index contributed by atoms with van der Waals surface area (Å²) in [5.41, 5.74) is 1.47. The van der Waals surface area contributed by atoms with E-state index in [-0.39, 0.29) is 11.3 Å². The van der Waals surface area contributed by atoms with Crippen molar-refractivity contribution in [3.05, 3.63) is 83.3 Å². The monoisotopic (exact) mass is 389 g/mol. The summed E-state index contributed by atoms with van der Waals surface area (Å²) in [5.74, 6) is -1.33. The molecule has 1 atom stereocenters. The van der Waals surface area contributed by atoms with Crippen LogP contribution in [0.2, 0.25) is 0 Å². The Labute approximate surface area is 169 Å². The largest absolute Gasteiger partial charge is 0.503 e. The van der Waals surface area contributed by atoms with Crippen molar-refractivity contribution in [3.8, 4) is 0 Å². The van der Waals surface area contributed by atoms with Crippen LogP contribution < -0.4 is 0 Å². The molecule has 4 rings (SSSR count). The van der Waals surface area contributed by atoms with E-state index in [9.17, 15) is 14.7 Å². The van der Waals surface area contributed by atoms with Crippen LogP contribution in [0.15, 0.2) is 76.4 Å². The fourth-order valence-electron chi connectivity index (χ4n) is 3.86. The second-order valence-electron chi connectivity index (χ2n) is 7.26. The summed E-state index contributed by atoms with van der Waals surface area (Å²) in [6, 6.07) is 17.7. The van der Waals surface area contributed by atoms with Gasteiger partial charge < -0.3 is 14.4 Å². The lowest BCUT2D eigenvalue weighted by atomic mass is 9.95. The first-order valence-electron chi connectivity index (χ1n) is 9.94. The van der Waals surface area contributed by atoms with Gasteiger partial charge in [-0.1, -0.05) is 68.3 Å². The van der Waals surface area contributed by atoms with E-state index in [0.717, 1.165) is 30.2 Å². The van der Waals surface area contributed by atoms with Gasteiger partial charge in [0.15, 0.2) is 11.5 Å². The fraction of sp³-hybridized carbons (Fsp3) is 0.250. The van der Waals surface area contributed by atoms with Gasteiger partial charge in [-0.2, -0.15) is 0 Å². The lowest BCUT2D eigenvalue weighted by molar-refractivity contribution is -0.129. The molecule has 0 fully saturated rings. The molecule has 0 aliphatic carbocycles. The third kappa shape index (κ3) is 3.44. The number of rotatable bonds is 7. The van der Waals surface area contributed by atoms with Crippen molar-refractivity contribution in [2.24, 2.45) is 0 Å². The zero-order valence-corrected chi connectivity index (χ0v) is 16.3. The lowest BCUT2D eigenvalue weighted by Gasteiger charge is -2.26. The minimum atomic E-state index is -0.624. The molecule has 3 aromatic rings. The number of aliphatic hydroxyl groups excluding tert-OH is 1. The predicted octanol–water partition coefficient (Wildman–Crippen LogP) is 5.20. The molecule has 1 N–H and O–H groups in total. The highest BCUT2D eigenvalue weighted by Crippen LogP contribution is 2.39. The number of Topliss-reactive ketones (excluding diaryl/α,β-unsaturated/α-hetero) is 1. The lowest BCUT2D eigenvalue weighted by Crippen LogP contribution is -2.32. The van der Waals surface area contributed by atoms with E-state index in [0.29, 0.717) is 12.1 Å². The highest BCUT2D eigenvalue weighted by molar-refractivity contribution is 6.16. The fourth-order valence-corrected chi connectivity index (χ4v) is 3.86. The van der Waals surface area contributed by atoms with Crippen LogP contribution in [0.4, 0.5) is 0 Å². The van der Waals surface area contributed by atoms with Gasteiger partial charge in [-0.05, 0) is 24.1 Å². The van der Waals surface area contributed by atoms with E-state index < -0.39 is 23.5 Å². The van der Waals surface area contributed by atoms with Gasteiger partial charge in [0.05, 0.1) is 11.6 Å². The number of amides is 1. The minimum Gasteiger partial charge on any atom is -0.503 e. The molecular formula is C24H23NO4. The summed E-state index contributed by atoms with van der Waals surface area (Å²) in [5, 5.41) is 11.5. The molecule has 0 saturated heterocycles. The van der Waals surface area contributed by atoms with E-state index in [1.807, 2.05) is 48.5 Å². The number of benzene rings is 2. The summed E-state index contributed by atoms with van der Waals surface area (Å²) < 4.78 is 5.72. The van der Waals surface area contributed by atoms with Gasteiger partial charge in [-0.3, -0.25) is 9.59 Å². The average molecular weight is 389 g/mol. The first-order valence-corrected chi connectivity index (χ1v) is 9.94. The molecular weight excluding hydrogens is 366 g/mol. The number of hydrogen-bond donors (Lipinski definition) is 1. The maximum absolute atomic E-state index is 13.3. The summed E-state index contributed by atoms with van der Waals surface area (Å²) in [6.07, 6.45) is 2.80. The molecule has 1 aliphatic heterocycles. The van der Waals surface area contributed by atoms with Crippen molar-refractivity contribution in [1.82, 2.24) is 4.90 Å². The molecule has 0 radical (unpaired) electrons. The third-order valence-electron chi connectivity index (χ3n) is 5.32. The number of aliphatic hydroxyl groups is 1. The van der Waals surface area contributed by atoms with Crippen LogP contribution in [-0.4, -0.2) is 28.2 Å². The quantitative estimate of drug-likeness (QED) is 0.445. The highest BCUT2D eigenvalue weighted by atomic mass is 16.3. The smallest absolute Gasteiger partial charge is 0.290 e. The van der Waals surface area contributed by atoms with E-state index in [4.69, 9.17) is 4.42 Å². The normalized spacial score (nSPS) is 16.8. The third-order valence-corrected chi connectivity index (χ3v) is 5.32. The first-order chi connectivity index (χ1) is 14.1. The van der Waals surface area contributed by atoms with Crippen molar-refractivity contribution in [1.29, 1.82) is 0 Å². The van der Waals surface area contributed by atoms with E-state index in [1.54, 1.807) is 17.0 Å². The van der Waals surface area contributed by atoms with E-state index in [2.05, 4.69) is 6.92 Å². The highest BCUT2D eigenvalue weighted by Gasteiger charge is 2.44. The Morgan fingerprint density at radius 1 is 1.07 bits per heavy atom. The molecule has 0 saturated carbocycles. The Bertz CT molecular complexity index is 1050. The molecule has 5 heteroatoms. The zero-order chi connectivity index (χ0) is 20.4. The van der Waals surface area contributed by atoms with E-state index in [1.165, 1.54) is 0 Å². The Kier molecular flexibility index (Phi) is 5.21. The standard InChI is InChI=1S/C24H23NO4/c1-2-3-9-14-25-21(16-10-5-4-6-11-16)20(23(27)24(25)28)22(26)19-15-17-12-7-8-13-18(17)29-19/h4-8,10-13,15,21,27H,2-3,9,14H2,1H3. The van der Waals surface area contributed by atoms with Crippen LogP contribution in [0.3, 0.4) is 0 Å². The van der Waals surface area contributed by atoms with Crippen molar-refractivity contribution >= 4 is 22.7 Å². The number of carbonyl (C=O) groups is 2. The number of unbranched alkanes of at least 4 members (excludes halogenated alkanes) is 2. The molecule has 1 amide bonds. The van der Waals surface area contributed by atoms with Gasteiger partial charge in [-0.25, -0.2) is 0 Å². The average Bonchev–Trinajstić information content (AvgIpc) is 3.29. The Morgan fingerprint density at radius 3 is 2.52 bits per heavy atom. The van der Waals surface area contributed by atoms with Crippen LogP contribution in [0, 0.1) is 0 Å². The van der Waals surface area contributed by atoms with Crippen LogP contribution in [0.5, 0.6) is 0 Å². The maximum Gasteiger partial charge on any atom is 0.290 e. The van der Waals surface area contributed by atoms with Crippen molar-refractivity contribution < 1.29 is 19.1 Å². The second-order valence-corrected chi connectivity index (χ2v) is 7.26. The Hall–Kier alpha value is -3.34. The molecule has 0 spiro atoms. The second kappa shape index (κ2) is 7.95. The SMILES string of the molecule is CCCCCN1C(=O)C(O)=C(C(=O)c2cc3ccccc3o2)C1c1ccccc1. The van der Waals surface area contributed by atoms with Crippen LogP contribution in [0.25, 0.3) is 11.0 Å². The van der Waals surface area contributed by atoms with Crippen LogP contribution >= 0.6 is 0 Å². The number of furan rings is 1. The van der Waals surface area contributed by atoms with Gasteiger partial charge in [0.25, 0.3) is 5.91 Å². The Balaban J connectivity index is 1.75. The number of ketones is 1. The topological polar surface area (TPSA) is 70.8 Å². The van der Waals surface area contributed by atoms with Gasteiger partial charge in [0.2, 0.25) is 5.78 Å². The molecule has 1 aliphatic rings.